The van der Waals surface area contributed by atoms with Crippen LogP contribution >= 0.6 is 0 Å². The molecule has 0 spiro atoms. The van der Waals surface area contributed by atoms with Crippen molar-refractivity contribution in [3.63, 3.8) is 0 Å². The van der Waals surface area contributed by atoms with Crippen molar-refractivity contribution in [3.05, 3.63) is 18.2 Å². The van der Waals surface area contributed by atoms with Crippen LogP contribution < -0.4 is 10.1 Å². The molecule has 0 saturated heterocycles. The number of carbonyl (C=O) groups excluding carboxylic acids is 1. The SMILES string of the molecule is CCCCN(C)S(=O)(=O)c1ccc2c(c1)NC(=O)C(C)O2. The molecule has 1 atom stereocenters. The Morgan fingerprint density at radius 1 is 1.38 bits per heavy atom. The molecule has 116 valence electrons. The molecule has 0 saturated carbocycles. The summed E-state index contributed by atoms with van der Waals surface area (Å²) in [5.41, 5.74) is 0.392. The van der Waals surface area contributed by atoms with E-state index >= 15 is 0 Å². The van der Waals surface area contributed by atoms with Gasteiger partial charge in [-0.3, -0.25) is 4.79 Å². The molecule has 21 heavy (non-hydrogen) atoms. The first-order valence-electron chi connectivity index (χ1n) is 6.94. The van der Waals surface area contributed by atoms with Crippen LogP contribution in [0.5, 0.6) is 5.75 Å². The first kappa shape index (κ1) is 15.8. The highest BCUT2D eigenvalue weighted by Crippen LogP contribution is 2.32. The summed E-state index contributed by atoms with van der Waals surface area (Å²) in [6.45, 7) is 4.12. The van der Waals surface area contributed by atoms with E-state index in [-0.39, 0.29) is 10.8 Å². The molecular formula is C14H20N2O4S. The second-order valence-corrected chi connectivity index (χ2v) is 7.13. The zero-order valence-corrected chi connectivity index (χ0v) is 13.2. The largest absolute Gasteiger partial charge is 0.479 e. The van der Waals surface area contributed by atoms with Crippen molar-refractivity contribution in [1.29, 1.82) is 0 Å². The molecule has 1 aromatic carbocycles. The number of sulfonamides is 1. The maximum atomic E-state index is 12.4. The summed E-state index contributed by atoms with van der Waals surface area (Å²) in [4.78, 5) is 11.7. The van der Waals surface area contributed by atoms with Crippen molar-refractivity contribution in [2.45, 2.75) is 37.7 Å². The molecule has 2 rings (SSSR count). The third-order valence-corrected chi connectivity index (χ3v) is 5.27. The van der Waals surface area contributed by atoms with Crippen LogP contribution in [-0.2, 0) is 14.8 Å². The normalized spacial score (nSPS) is 18.1. The quantitative estimate of drug-likeness (QED) is 0.900. The number of hydrogen-bond acceptors (Lipinski definition) is 4. The van der Waals surface area contributed by atoms with Crippen LogP contribution in [0.15, 0.2) is 23.1 Å². The Kier molecular flexibility index (Phi) is 4.53. The second kappa shape index (κ2) is 6.03. The number of amides is 1. The van der Waals surface area contributed by atoms with Gasteiger partial charge in [-0.15, -0.1) is 0 Å². The fraction of sp³-hybridized carbons (Fsp3) is 0.500. The van der Waals surface area contributed by atoms with Gasteiger partial charge in [-0.25, -0.2) is 12.7 Å². The van der Waals surface area contributed by atoms with E-state index in [1.165, 1.54) is 16.4 Å². The van der Waals surface area contributed by atoms with Gasteiger partial charge in [0.05, 0.1) is 10.6 Å². The predicted octanol–water partition coefficient (Wildman–Crippen LogP) is 1.83. The van der Waals surface area contributed by atoms with Gasteiger partial charge in [0.25, 0.3) is 5.91 Å². The third kappa shape index (κ3) is 3.19. The summed E-state index contributed by atoms with van der Waals surface area (Å²) in [6, 6.07) is 4.52. The number of carbonyl (C=O) groups is 1. The molecule has 1 unspecified atom stereocenters. The predicted molar refractivity (Wildman–Crippen MR) is 79.9 cm³/mol. The molecule has 1 aliphatic heterocycles. The fourth-order valence-corrected chi connectivity index (χ4v) is 3.27. The van der Waals surface area contributed by atoms with Gasteiger partial charge < -0.3 is 10.1 Å². The maximum absolute atomic E-state index is 12.4. The van der Waals surface area contributed by atoms with Crippen molar-refractivity contribution >= 4 is 21.6 Å². The lowest BCUT2D eigenvalue weighted by molar-refractivity contribution is -0.122. The average molecular weight is 312 g/mol. The van der Waals surface area contributed by atoms with Gasteiger partial charge in [0, 0.05) is 13.6 Å². The molecular weight excluding hydrogens is 292 g/mol. The third-order valence-electron chi connectivity index (χ3n) is 3.42. The molecule has 1 amide bonds. The zero-order chi connectivity index (χ0) is 15.6. The minimum atomic E-state index is -3.55. The van der Waals surface area contributed by atoms with E-state index in [0.29, 0.717) is 18.0 Å². The number of ether oxygens (including phenoxy) is 1. The van der Waals surface area contributed by atoms with Crippen LogP contribution in [0.3, 0.4) is 0 Å². The molecule has 1 heterocycles. The Morgan fingerprint density at radius 2 is 2.10 bits per heavy atom. The van der Waals surface area contributed by atoms with Gasteiger partial charge in [0.1, 0.15) is 5.75 Å². The first-order valence-corrected chi connectivity index (χ1v) is 8.38. The molecule has 0 fully saturated rings. The van der Waals surface area contributed by atoms with Crippen LogP contribution in [-0.4, -0.2) is 38.3 Å². The highest BCUT2D eigenvalue weighted by molar-refractivity contribution is 7.89. The number of benzene rings is 1. The lowest BCUT2D eigenvalue weighted by Crippen LogP contribution is -2.34. The molecule has 0 aromatic heterocycles. The first-order chi connectivity index (χ1) is 9.86. The standard InChI is InChI=1S/C14H20N2O4S/c1-4-5-8-16(3)21(18,19)11-6-7-13-12(9-11)15-14(17)10(2)20-13/h6-7,9-10H,4-5,8H2,1-3H3,(H,15,17). The van der Waals surface area contributed by atoms with Gasteiger partial charge >= 0.3 is 0 Å². The van der Waals surface area contributed by atoms with Crippen molar-refractivity contribution < 1.29 is 17.9 Å². The number of nitrogens with one attached hydrogen (secondary N) is 1. The van der Waals surface area contributed by atoms with Gasteiger partial charge in [-0.05, 0) is 31.5 Å². The molecule has 1 aromatic rings. The maximum Gasteiger partial charge on any atom is 0.265 e. The number of hydrogen-bond donors (Lipinski definition) is 1. The minimum absolute atomic E-state index is 0.151. The number of nitrogens with zero attached hydrogens (tertiary/aromatic N) is 1. The van der Waals surface area contributed by atoms with Crippen LogP contribution in [0.1, 0.15) is 26.7 Å². The molecule has 1 aliphatic rings. The number of unbranched alkanes of at least 4 members (excludes halogenated alkanes) is 1. The number of anilines is 1. The van der Waals surface area contributed by atoms with Crippen LogP contribution in [0.2, 0.25) is 0 Å². The van der Waals surface area contributed by atoms with Crippen LogP contribution in [0.25, 0.3) is 0 Å². The summed E-state index contributed by atoms with van der Waals surface area (Å²) in [5.74, 6) is 0.202. The van der Waals surface area contributed by atoms with Crippen molar-refractivity contribution in [2.24, 2.45) is 0 Å². The van der Waals surface area contributed by atoms with E-state index in [2.05, 4.69) is 5.32 Å². The lowest BCUT2D eigenvalue weighted by Gasteiger charge is -2.24. The van der Waals surface area contributed by atoms with E-state index in [1.54, 1.807) is 20.0 Å². The van der Waals surface area contributed by atoms with Gasteiger partial charge in [-0.2, -0.15) is 0 Å². The minimum Gasteiger partial charge on any atom is -0.479 e. The van der Waals surface area contributed by atoms with Gasteiger partial charge in [0.2, 0.25) is 10.0 Å². The highest BCUT2D eigenvalue weighted by Gasteiger charge is 2.27. The summed E-state index contributed by atoms with van der Waals surface area (Å²) in [7, 11) is -1.99. The molecule has 7 heteroatoms. The molecule has 6 nitrogen and oxygen atoms in total. The lowest BCUT2D eigenvalue weighted by atomic mass is 10.2. The Hall–Kier alpha value is -1.60. The van der Waals surface area contributed by atoms with E-state index in [1.807, 2.05) is 6.92 Å². The molecule has 0 aliphatic carbocycles. The fourth-order valence-electron chi connectivity index (χ4n) is 2.03. The Bertz CT molecular complexity index is 642. The Morgan fingerprint density at radius 3 is 2.76 bits per heavy atom. The van der Waals surface area contributed by atoms with E-state index in [9.17, 15) is 13.2 Å². The van der Waals surface area contributed by atoms with Gasteiger partial charge in [-0.1, -0.05) is 13.3 Å². The van der Waals surface area contributed by atoms with E-state index in [0.717, 1.165) is 12.8 Å². The van der Waals surface area contributed by atoms with Crippen molar-refractivity contribution in [3.8, 4) is 5.75 Å². The van der Waals surface area contributed by atoms with Crippen molar-refractivity contribution in [2.75, 3.05) is 18.9 Å². The van der Waals surface area contributed by atoms with E-state index in [4.69, 9.17) is 4.74 Å². The summed E-state index contributed by atoms with van der Waals surface area (Å²) in [5, 5.41) is 2.66. The number of fused-ring (bicyclic) bond motifs is 1. The summed E-state index contributed by atoms with van der Waals surface area (Å²) >= 11 is 0. The van der Waals surface area contributed by atoms with Crippen LogP contribution in [0.4, 0.5) is 5.69 Å². The molecule has 1 N–H and O–H groups in total. The summed E-state index contributed by atoms with van der Waals surface area (Å²) < 4.78 is 31.6. The molecule has 0 radical (unpaired) electrons. The Labute approximate surface area is 125 Å². The number of rotatable bonds is 5. The zero-order valence-electron chi connectivity index (χ0n) is 12.4. The highest BCUT2D eigenvalue weighted by atomic mass is 32.2. The Balaban J connectivity index is 2.30. The molecule has 0 bridgehead atoms. The van der Waals surface area contributed by atoms with Crippen molar-refractivity contribution in [1.82, 2.24) is 4.31 Å². The smallest absolute Gasteiger partial charge is 0.265 e. The average Bonchev–Trinajstić information content (AvgIpc) is 2.45. The van der Waals surface area contributed by atoms with Gasteiger partial charge in [0.15, 0.2) is 6.10 Å². The topological polar surface area (TPSA) is 75.7 Å². The van der Waals surface area contributed by atoms with Crippen LogP contribution in [0, 0.1) is 0 Å². The second-order valence-electron chi connectivity index (χ2n) is 5.09. The monoisotopic (exact) mass is 312 g/mol. The summed E-state index contributed by atoms with van der Waals surface area (Å²) in [6.07, 6.45) is 1.15. The van der Waals surface area contributed by atoms with E-state index < -0.39 is 16.1 Å².